The molecule has 0 spiro atoms. The van der Waals surface area contributed by atoms with E-state index in [9.17, 15) is 4.79 Å². The lowest BCUT2D eigenvalue weighted by Crippen LogP contribution is -2.48. The summed E-state index contributed by atoms with van der Waals surface area (Å²) >= 11 is 0. The number of hydrogen-bond acceptors (Lipinski definition) is 3. The van der Waals surface area contributed by atoms with Gasteiger partial charge >= 0.3 is 0 Å². The summed E-state index contributed by atoms with van der Waals surface area (Å²) in [4.78, 5) is 14.8. The van der Waals surface area contributed by atoms with Gasteiger partial charge in [-0.25, -0.2) is 0 Å². The summed E-state index contributed by atoms with van der Waals surface area (Å²) in [5.74, 6) is 0.0899. The fourth-order valence-electron chi connectivity index (χ4n) is 2.89. The topological polar surface area (TPSA) is 50.2 Å². The maximum atomic E-state index is 12.8. The van der Waals surface area contributed by atoms with Crippen LogP contribution in [0.3, 0.4) is 0 Å². The number of carbonyl (C=O) groups is 1. The number of rotatable bonds is 5. The van der Waals surface area contributed by atoms with Crippen molar-refractivity contribution in [3.05, 3.63) is 17.5 Å². The van der Waals surface area contributed by atoms with E-state index in [-0.39, 0.29) is 11.9 Å². The zero-order valence-corrected chi connectivity index (χ0v) is 13.7. The van der Waals surface area contributed by atoms with Gasteiger partial charge in [-0.2, -0.15) is 5.10 Å². The summed E-state index contributed by atoms with van der Waals surface area (Å²) in [5, 5.41) is 7.92. The van der Waals surface area contributed by atoms with Gasteiger partial charge in [-0.05, 0) is 45.7 Å². The lowest BCUT2D eigenvalue weighted by molar-refractivity contribution is 0.0665. The van der Waals surface area contributed by atoms with Crippen molar-refractivity contribution in [3.8, 4) is 0 Å². The average molecular weight is 292 g/mol. The summed E-state index contributed by atoms with van der Waals surface area (Å²) in [5.41, 5.74) is 1.66. The van der Waals surface area contributed by atoms with Crippen LogP contribution < -0.4 is 5.32 Å². The van der Waals surface area contributed by atoms with Crippen LogP contribution in [0.2, 0.25) is 0 Å². The zero-order valence-electron chi connectivity index (χ0n) is 13.7. The summed E-state index contributed by atoms with van der Waals surface area (Å²) in [6.45, 7) is 8.07. The largest absolute Gasteiger partial charge is 0.333 e. The SMILES string of the molecule is CCc1cc(C(=O)N(CC2CCCCN2)C(C)C)n(C)n1. The molecule has 1 fully saturated rings. The van der Waals surface area contributed by atoms with E-state index in [0.717, 1.165) is 31.6 Å². The molecule has 1 atom stereocenters. The highest BCUT2D eigenvalue weighted by molar-refractivity contribution is 5.93. The molecule has 1 N–H and O–H groups in total. The Morgan fingerprint density at radius 3 is 2.81 bits per heavy atom. The Kier molecular flexibility index (Phi) is 5.39. The van der Waals surface area contributed by atoms with Gasteiger partial charge in [-0.1, -0.05) is 13.3 Å². The fraction of sp³-hybridized carbons (Fsp3) is 0.750. The minimum absolute atomic E-state index is 0.0899. The molecular formula is C16H28N4O. The second-order valence-electron chi connectivity index (χ2n) is 6.20. The van der Waals surface area contributed by atoms with Crippen molar-refractivity contribution in [2.24, 2.45) is 7.05 Å². The smallest absolute Gasteiger partial charge is 0.272 e. The van der Waals surface area contributed by atoms with Crippen LogP contribution in [0.1, 0.15) is 56.2 Å². The number of carbonyl (C=O) groups excluding carboxylic acids is 1. The molecule has 118 valence electrons. The summed E-state index contributed by atoms with van der Waals surface area (Å²) in [6.07, 6.45) is 4.51. The molecule has 1 amide bonds. The molecule has 0 aromatic carbocycles. The van der Waals surface area contributed by atoms with Gasteiger partial charge in [0.05, 0.1) is 5.69 Å². The molecule has 0 bridgehead atoms. The number of aromatic nitrogens is 2. The number of hydrogen-bond donors (Lipinski definition) is 1. The van der Waals surface area contributed by atoms with E-state index in [1.807, 2.05) is 18.0 Å². The third-order valence-corrected chi connectivity index (χ3v) is 4.23. The Balaban J connectivity index is 2.12. The molecule has 5 nitrogen and oxygen atoms in total. The quantitative estimate of drug-likeness (QED) is 0.903. The van der Waals surface area contributed by atoms with Gasteiger partial charge in [-0.3, -0.25) is 9.48 Å². The zero-order chi connectivity index (χ0) is 15.4. The standard InChI is InChI=1S/C16H28N4O/c1-5-13-10-15(19(4)18-13)16(21)20(12(2)3)11-14-8-6-7-9-17-14/h10,12,14,17H,5-9,11H2,1-4H3. The third-order valence-electron chi connectivity index (χ3n) is 4.23. The van der Waals surface area contributed by atoms with Crippen LogP contribution in [-0.4, -0.2) is 45.8 Å². The molecular weight excluding hydrogens is 264 g/mol. The van der Waals surface area contributed by atoms with Crippen molar-refractivity contribution >= 4 is 5.91 Å². The first-order valence-electron chi connectivity index (χ1n) is 8.10. The maximum absolute atomic E-state index is 12.8. The van der Waals surface area contributed by atoms with Crippen molar-refractivity contribution in [2.75, 3.05) is 13.1 Å². The van der Waals surface area contributed by atoms with E-state index in [0.29, 0.717) is 11.7 Å². The average Bonchev–Trinajstić information content (AvgIpc) is 2.86. The molecule has 2 heterocycles. The van der Waals surface area contributed by atoms with E-state index >= 15 is 0 Å². The van der Waals surface area contributed by atoms with Gasteiger partial charge in [0, 0.05) is 25.7 Å². The molecule has 1 unspecified atom stereocenters. The molecule has 0 aliphatic carbocycles. The molecule has 5 heteroatoms. The first-order valence-corrected chi connectivity index (χ1v) is 8.10. The fourth-order valence-corrected chi connectivity index (χ4v) is 2.89. The maximum Gasteiger partial charge on any atom is 0.272 e. The van der Waals surface area contributed by atoms with Crippen molar-refractivity contribution in [1.82, 2.24) is 20.0 Å². The van der Waals surface area contributed by atoms with Crippen LogP contribution >= 0.6 is 0 Å². The molecule has 1 aromatic rings. The monoisotopic (exact) mass is 292 g/mol. The van der Waals surface area contributed by atoms with Crippen LogP contribution in [0.25, 0.3) is 0 Å². The van der Waals surface area contributed by atoms with E-state index < -0.39 is 0 Å². The summed E-state index contributed by atoms with van der Waals surface area (Å²) in [6, 6.07) is 2.54. The number of aryl methyl sites for hydroxylation is 2. The van der Waals surface area contributed by atoms with E-state index in [1.165, 1.54) is 12.8 Å². The second kappa shape index (κ2) is 7.07. The minimum atomic E-state index is 0.0899. The Bertz CT molecular complexity index is 475. The number of piperidine rings is 1. The van der Waals surface area contributed by atoms with Gasteiger partial charge in [-0.15, -0.1) is 0 Å². The highest BCUT2D eigenvalue weighted by Crippen LogP contribution is 2.14. The van der Waals surface area contributed by atoms with E-state index in [1.54, 1.807) is 4.68 Å². The molecule has 2 rings (SSSR count). The normalized spacial score (nSPS) is 19.0. The van der Waals surface area contributed by atoms with Crippen molar-refractivity contribution in [1.29, 1.82) is 0 Å². The van der Waals surface area contributed by atoms with Crippen molar-refractivity contribution < 1.29 is 4.79 Å². The molecule has 21 heavy (non-hydrogen) atoms. The Hall–Kier alpha value is -1.36. The molecule has 1 aliphatic heterocycles. The summed E-state index contributed by atoms with van der Waals surface area (Å²) < 4.78 is 1.71. The first kappa shape index (κ1) is 16.0. The second-order valence-corrected chi connectivity index (χ2v) is 6.20. The van der Waals surface area contributed by atoms with Crippen molar-refractivity contribution in [3.63, 3.8) is 0 Å². The Morgan fingerprint density at radius 1 is 1.52 bits per heavy atom. The van der Waals surface area contributed by atoms with Gasteiger partial charge < -0.3 is 10.2 Å². The lowest BCUT2D eigenvalue weighted by atomic mass is 10.0. The van der Waals surface area contributed by atoms with E-state index in [4.69, 9.17) is 0 Å². The molecule has 1 aliphatic rings. The van der Waals surface area contributed by atoms with Gasteiger partial charge in [0.25, 0.3) is 5.91 Å². The minimum Gasteiger partial charge on any atom is -0.333 e. The highest BCUT2D eigenvalue weighted by Gasteiger charge is 2.25. The van der Waals surface area contributed by atoms with Crippen LogP contribution in [0.15, 0.2) is 6.07 Å². The van der Waals surface area contributed by atoms with Crippen LogP contribution in [0, 0.1) is 0 Å². The molecule has 0 radical (unpaired) electrons. The van der Waals surface area contributed by atoms with Gasteiger partial charge in [0.2, 0.25) is 0 Å². The number of nitrogens with zero attached hydrogens (tertiary/aromatic N) is 3. The van der Waals surface area contributed by atoms with Crippen molar-refractivity contribution in [2.45, 2.75) is 58.5 Å². The number of nitrogens with one attached hydrogen (secondary N) is 1. The van der Waals surface area contributed by atoms with Gasteiger partial charge in [0.15, 0.2) is 0 Å². The predicted molar refractivity (Wildman–Crippen MR) is 84.4 cm³/mol. The van der Waals surface area contributed by atoms with Crippen LogP contribution in [-0.2, 0) is 13.5 Å². The predicted octanol–water partition coefficient (Wildman–Crippen LogP) is 1.98. The highest BCUT2D eigenvalue weighted by atomic mass is 16.2. The molecule has 1 saturated heterocycles. The molecule has 0 saturated carbocycles. The number of amides is 1. The summed E-state index contributed by atoms with van der Waals surface area (Å²) in [7, 11) is 1.85. The van der Waals surface area contributed by atoms with E-state index in [2.05, 4.69) is 31.2 Å². The Labute approximate surface area is 127 Å². The Morgan fingerprint density at radius 2 is 2.29 bits per heavy atom. The van der Waals surface area contributed by atoms with Crippen LogP contribution in [0.5, 0.6) is 0 Å². The third kappa shape index (κ3) is 3.84. The van der Waals surface area contributed by atoms with Crippen LogP contribution in [0.4, 0.5) is 0 Å². The first-order chi connectivity index (χ1) is 10.0. The molecule has 1 aromatic heterocycles. The van der Waals surface area contributed by atoms with Gasteiger partial charge in [0.1, 0.15) is 5.69 Å². The lowest BCUT2D eigenvalue weighted by Gasteiger charge is -2.33.